The fourth-order valence-electron chi connectivity index (χ4n) is 2.15. The number of halogens is 2. The molecule has 1 fully saturated rings. The summed E-state index contributed by atoms with van der Waals surface area (Å²) >= 11 is 9.04. The number of imide groups is 1. The molecule has 0 spiro atoms. The number of nitrogens with zero attached hydrogens (tertiary/aromatic N) is 2. The topological polar surface area (TPSA) is 71.5 Å². The predicted molar refractivity (Wildman–Crippen MR) is 87.7 cm³/mol. The van der Waals surface area contributed by atoms with Crippen LogP contribution in [0, 0.1) is 0 Å². The number of hydrogen-bond donors (Lipinski definition) is 1. The lowest BCUT2D eigenvalue weighted by atomic mass is 9.97. The summed E-state index contributed by atoms with van der Waals surface area (Å²) in [7, 11) is 0. The first kappa shape index (κ1) is 15.8. The summed E-state index contributed by atoms with van der Waals surface area (Å²) < 4.78 is 5.91. The molecule has 2 aromatic rings. The fourth-order valence-corrected chi connectivity index (χ4v) is 2.51. The van der Waals surface area contributed by atoms with Gasteiger partial charge in [-0.25, -0.2) is 9.78 Å². The van der Waals surface area contributed by atoms with Crippen molar-refractivity contribution < 1.29 is 14.3 Å². The zero-order chi connectivity index (χ0) is 16.6. The van der Waals surface area contributed by atoms with Crippen LogP contribution in [0.2, 0.25) is 5.02 Å². The monoisotopic (exact) mass is 395 g/mol. The van der Waals surface area contributed by atoms with Crippen LogP contribution in [0.25, 0.3) is 0 Å². The number of rotatable bonds is 3. The molecule has 1 aliphatic heterocycles. The molecule has 0 bridgehead atoms. The number of aromatic nitrogens is 1. The number of nitrogens with one attached hydrogen (secondary N) is 1. The van der Waals surface area contributed by atoms with Crippen molar-refractivity contribution in [3.8, 4) is 0 Å². The molecule has 1 atom stereocenters. The van der Waals surface area contributed by atoms with E-state index >= 15 is 0 Å². The molecule has 1 aromatic heterocycles. The zero-order valence-electron chi connectivity index (χ0n) is 11.9. The minimum absolute atomic E-state index is 0.486. The molecule has 8 heteroatoms. The van der Waals surface area contributed by atoms with Crippen molar-refractivity contribution >= 4 is 45.2 Å². The van der Waals surface area contributed by atoms with Crippen LogP contribution in [-0.4, -0.2) is 22.0 Å². The van der Waals surface area contributed by atoms with Crippen molar-refractivity contribution in [3.63, 3.8) is 0 Å². The van der Waals surface area contributed by atoms with E-state index in [1.54, 1.807) is 36.4 Å². The van der Waals surface area contributed by atoms with Crippen molar-refractivity contribution in [1.82, 2.24) is 9.99 Å². The Kier molecular flexibility index (Phi) is 3.99. The summed E-state index contributed by atoms with van der Waals surface area (Å²) in [5.41, 5.74) is 2.32. The minimum Gasteiger partial charge on any atom is -0.426 e. The Morgan fingerprint density at radius 2 is 1.91 bits per heavy atom. The van der Waals surface area contributed by atoms with E-state index in [0.29, 0.717) is 20.9 Å². The SMILES string of the molecule is CC1(c2ccc(Br)nc2)OC(=O)N(Nc2ccc(Cl)cc2)C1=O. The minimum atomic E-state index is -1.43. The van der Waals surface area contributed by atoms with Crippen LogP contribution in [0.5, 0.6) is 0 Å². The maximum absolute atomic E-state index is 12.6. The van der Waals surface area contributed by atoms with Crippen LogP contribution in [0.15, 0.2) is 47.2 Å². The van der Waals surface area contributed by atoms with Crippen LogP contribution in [0.3, 0.4) is 0 Å². The van der Waals surface area contributed by atoms with Crippen molar-refractivity contribution in [2.75, 3.05) is 5.43 Å². The average Bonchev–Trinajstić information content (AvgIpc) is 2.74. The lowest BCUT2D eigenvalue weighted by Gasteiger charge is -2.20. The highest BCUT2D eigenvalue weighted by Crippen LogP contribution is 2.34. The number of carbonyl (C=O) groups is 2. The second-order valence-corrected chi connectivity index (χ2v) is 6.28. The maximum Gasteiger partial charge on any atom is 0.437 e. The van der Waals surface area contributed by atoms with Gasteiger partial charge in [-0.1, -0.05) is 17.7 Å². The molecule has 2 amide bonds. The average molecular weight is 397 g/mol. The molecule has 0 saturated carbocycles. The highest BCUT2D eigenvalue weighted by atomic mass is 79.9. The molecule has 1 N–H and O–H groups in total. The molecule has 0 aliphatic carbocycles. The number of amides is 2. The molecular formula is C15H11BrClN3O3. The van der Waals surface area contributed by atoms with Crippen LogP contribution in [0.4, 0.5) is 10.5 Å². The smallest absolute Gasteiger partial charge is 0.426 e. The van der Waals surface area contributed by atoms with E-state index in [0.717, 1.165) is 5.01 Å². The molecule has 3 rings (SSSR count). The van der Waals surface area contributed by atoms with E-state index in [-0.39, 0.29) is 0 Å². The molecule has 2 heterocycles. The Labute approximate surface area is 145 Å². The third-order valence-corrected chi connectivity index (χ3v) is 4.17. The summed E-state index contributed by atoms with van der Waals surface area (Å²) in [6.07, 6.45) is 0.705. The van der Waals surface area contributed by atoms with Gasteiger partial charge in [0.15, 0.2) is 0 Å². The van der Waals surface area contributed by atoms with Crippen LogP contribution >= 0.6 is 27.5 Å². The molecule has 118 valence electrons. The lowest BCUT2D eigenvalue weighted by molar-refractivity contribution is -0.135. The molecule has 1 aromatic carbocycles. The van der Waals surface area contributed by atoms with Gasteiger partial charge in [-0.2, -0.15) is 0 Å². The molecule has 23 heavy (non-hydrogen) atoms. The number of hydrogen-bond acceptors (Lipinski definition) is 5. The largest absolute Gasteiger partial charge is 0.437 e. The van der Waals surface area contributed by atoms with Gasteiger partial charge in [-0.05, 0) is 53.2 Å². The number of ether oxygens (including phenoxy) is 1. The van der Waals surface area contributed by atoms with Crippen molar-refractivity contribution in [1.29, 1.82) is 0 Å². The van der Waals surface area contributed by atoms with Gasteiger partial charge in [0.25, 0.3) is 5.91 Å². The van der Waals surface area contributed by atoms with Gasteiger partial charge >= 0.3 is 6.09 Å². The number of cyclic esters (lactones) is 1. The molecule has 1 aliphatic rings. The van der Waals surface area contributed by atoms with Gasteiger partial charge in [-0.3, -0.25) is 10.2 Å². The van der Waals surface area contributed by atoms with Crippen molar-refractivity contribution in [2.24, 2.45) is 0 Å². The first-order valence-electron chi connectivity index (χ1n) is 6.62. The van der Waals surface area contributed by atoms with Gasteiger partial charge < -0.3 is 4.74 Å². The zero-order valence-corrected chi connectivity index (χ0v) is 14.3. The van der Waals surface area contributed by atoms with E-state index in [1.165, 1.54) is 13.1 Å². The molecule has 6 nitrogen and oxygen atoms in total. The van der Waals surface area contributed by atoms with E-state index in [9.17, 15) is 9.59 Å². The Bertz CT molecular complexity index is 767. The summed E-state index contributed by atoms with van der Waals surface area (Å²) in [5.74, 6) is -0.526. The summed E-state index contributed by atoms with van der Waals surface area (Å²) in [6.45, 7) is 1.53. The second-order valence-electron chi connectivity index (χ2n) is 5.03. The predicted octanol–water partition coefficient (Wildman–Crippen LogP) is 3.72. The van der Waals surface area contributed by atoms with Crippen molar-refractivity contribution in [2.45, 2.75) is 12.5 Å². The lowest BCUT2D eigenvalue weighted by Crippen LogP contribution is -2.40. The first-order chi connectivity index (χ1) is 10.9. The highest BCUT2D eigenvalue weighted by Gasteiger charge is 2.52. The fraction of sp³-hybridized carbons (Fsp3) is 0.133. The Morgan fingerprint density at radius 3 is 2.52 bits per heavy atom. The van der Waals surface area contributed by atoms with Crippen LogP contribution < -0.4 is 5.43 Å². The summed E-state index contributed by atoms with van der Waals surface area (Å²) in [5, 5.41) is 1.39. The Hall–Kier alpha value is -2.12. The standard InChI is InChI=1S/C15H11BrClN3O3/c1-15(9-2-7-12(16)18-8-9)13(21)20(14(22)23-15)19-11-5-3-10(17)4-6-11/h2-8,19H,1H3. The van der Waals surface area contributed by atoms with E-state index in [4.69, 9.17) is 16.3 Å². The second kappa shape index (κ2) is 5.82. The van der Waals surface area contributed by atoms with Gasteiger partial charge in [-0.15, -0.1) is 5.01 Å². The van der Waals surface area contributed by atoms with Gasteiger partial charge in [0, 0.05) is 16.8 Å². The quantitative estimate of drug-likeness (QED) is 0.801. The van der Waals surface area contributed by atoms with E-state index in [1.807, 2.05) is 0 Å². The van der Waals surface area contributed by atoms with E-state index < -0.39 is 17.6 Å². The number of carbonyl (C=O) groups excluding carboxylic acids is 2. The Morgan fingerprint density at radius 1 is 1.22 bits per heavy atom. The van der Waals surface area contributed by atoms with Crippen LogP contribution in [-0.2, 0) is 15.1 Å². The van der Waals surface area contributed by atoms with Gasteiger partial charge in [0.1, 0.15) is 4.60 Å². The molecular weight excluding hydrogens is 386 g/mol. The Balaban J connectivity index is 1.87. The van der Waals surface area contributed by atoms with Gasteiger partial charge in [0.05, 0.1) is 5.69 Å². The van der Waals surface area contributed by atoms with Crippen molar-refractivity contribution in [3.05, 3.63) is 57.8 Å². The molecule has 0 radical (unpaired) electrons. The normalized spacial score (nSPS) is 20.6. The summed E-state index contributed by atoms with van der Waals surface area (Å²) in [4.78, 5) is 28.8. The molecule has 1 unspecified atom stereocenters. The number of benzene rings is 1. The van der Waals surface area contributed by atoms with Gasteiger partial charge in [0.2, 0.25) is 5.60 Å². The maximum atomic E-state index is 12.6. The highest BCUT2D eigenvalue weighted by molar-refractivity contribution is 9.10. The first-order valence-corrected chi connectivity index (χ1v) is 7.79. The van der Waals surface area contributed by atoms with E-state index in [2.05, 4.69) is 26.3 Å². The molecule has 1 saturated heterocycles. The number of pyridine rings is 1. The van der Waals surface area contributed by atoms with Crippen LogP contribution in [0.1, 0.15) is 12.5 Å². The number of anilines is 1. The third-order valence-electron chi connectivity index (χ3n) is 3.45. The number of hydrazine groups is 1. The third kappa shape index (κ3) is 2.89. The summed E-state index contributed by atoms with van der Waals surface area (Å²) in [6, 6.07) is 9.95.